The van der Waals surface area contributed by atoms with Crippen LogP contribution < -0.4 is 0 Å². The number of benzene rings is 1. The Hall–Kier alpha value is -1.41. The minimum Gasteiger partial charge on any atom is -0.392 e. The molecule has 0 heterocycles. The molecular weight excluding hydrogens is 164 g/mol. The molecule has 2 nitrogen and oxygen atoms in total. The summed E-state index contributed by atoms with van der Waals surface area (Å²) < 4.78 is 0. The van der Waals surface area contributed by atoms with E-state index < -0.39 is 0 Å². The van der Waals surface area contributed by atoms with Gasteiger partial charge < -0.3 is 5.11 Å². The Kier molecular flexibility index (Phi) is 3.41. The second kappa shape index (κ2) is 4.58. The average molecular weight is 176 g/mol. The maximum atomic E-state index is 10.4. The van der Waals surface area contributed by atoms with Crippen molar-refractivity contribution in [1.29, 1.82) is 0 Å². The number of aliphatic hydroxyl groups is 1. The Bertz CT molecular complexity index is 327. The molecule has 0 amide bonds. The second-order valence-corrected chi connectivity index (χ2v) is 2.82. The smallest absolute Gasteiger partial charge is 0.150 e. The maximum absolute atomic E-state index is 10.4. The molecule has 1 aromatic rings. The highest BCUT2D eigenvalue weighted by atomic mass is 16.2. The molecule has 0 aliphatic heterocycles. The standard InChI is InChI=1S/C11H12O2/c1-9-7-10(8-13)4-5-11(9)3-2-6-12/h2-5,7-8,12H,6H2,1H3. The monoisotopic (exact) mass is 176 g/mol. The van der Waals surface area contributed by atoms with E-state index in [9.17, 15) is 4.79 Å². The summed E-state index contributed by atoms with van der Waals surface area (Å²) >= 11 is 0. The second-order valence-electron chi connectivity index (χ2n) is 2.82. The Morgan fingerprint density at radius 2 is 2.23 bits per heavy atom. The largest absolute Gasteiger partial charge is 0.392 e. The molecule has 0 atom stereocenters. The molecule has 0 spiro atoms. The predicted molar refractivity (Wildman–Crippen MR) is 52.7 cm³/mol. The lowest BCUT2D eigenvalue weighted by molar-refractivity contribution is 0.112. The van der Waals surface area contributed by atoms with E-state index in [0.29, 0.717) is 5.56 Å². The number of aryl methyl sites for hydroxylation is 1. The number of aliphatic hydroxyl groups excluding tert-OH is 1. The first-order valence-electron chi connectivity index (χ1n) is 4.11. The SMILES string of the molecule is Cc1cc(C=O)ccc1C=CCO. The first kappa shape index (κ1) is 9.68. The molecule has 13 heavy (non-hydrogen) atoms. The topological polar surface area (TPSA) is 37.3 Å². The summed E-state index contributed by atoms with van der Waals surface area (Å²) in [6.45, 7) is 1.97. The Morgan fingerprint density at radius 1 is 1.46 bits per heavy atom. The normalized spacial score (nSPS) is 10.6. The van der Waals surface area contributed by atoms with Gasteiger partial charge in [-0.25, -0.2) is 0 Å². The van der Waals surface area contributed by atoms with Crippen LogP contribution in [0.3, 0.4) is 0 Å². The summed E-state index contributed by atoms with van der Waals surface area (Å²) in [5, 5.41) is 8.58. The highest BCUT2D eigenvalue weighted by molar-refractivity contribution is 5.76. The van der Waals surface area contributed by atoms with Crippen molar-refractivity contribution >= 4 is 12.4 Å². The van der Waals surface area contributed by atoms with Crippen LogP contribution in [0, 0.1) is 6.92 Å². The minimum atomic E-state index is 0.0366. The van der Waals surface area contributed by atoms with Crippen LogP contribution in [0.4, 0.5) is 0 Å². The maximum Gasteiger partial charge on any atom is 0.150 e. The van der Waals surface area contributed by atoms with Gasteiger partial charge in [0.05, 0.1) is 6.61 Å². The van der Waals surface area contributed by atoms with Crippen molar-refractivity contribution in [3.05, 3.63) is 41.0 Å². The summed E-state index contributed by atoms with van der Waals surface area (Å²) in [6.07, 6.45) is 4.33. The highest BCUT2D eigenvalue weighted by Gasteiger charge is 1.95. The van der Waals surface area contributed by atoms with Gasteiger partial charge in [-0.05, 0) is 24.1 Å². The predicted octanol–water partition coefficient (Wildman–Crippen LogP) is 1.81. The van der Waals surface area contributed by atoms with Gasteiger partial charge >= 0.3 is 0 Å². The quantitative estimate of drug-likeness (QED) is 0.713. The van der Waals surface area contributed by atoms with Crippen LogP contribution in [-0.2, 0) is 0 Å². The van der Waals surface area contributed by atoms with Gasteiger partial charge in [0.25, 0.3) is 0 Å². The summed E-state index contributed by atoms with van der Waals surface area (Å²) in [5.41, 5.74) is 2.74. The molecule has 0 unspecified atom stereocenters. The van der Waals surface area contributed by atoms with Crippen molar-refractivity contribution in [2.45, 2.75) is 6.92 Å². The van der Waals surface area contributed by atoms with Gasteiger partial charge in [-0.15, -0.1) is 0 Å². The molecule has 0 radical (unpaired) electrons. The van der Waals surface area contributed by atoms with E-state index in [4.69, 9.17) is 5.11 Å². The summed E-state index contributed by atoms with van der Waals surface area (Å²) in [6, 6.07) is 5.45. The zero-order valence-electron chi connectivity index (χ0n) is 7.53. The van der Waals surface area contributed by atoms with E-state index in [1.54, 1.807) is 12.1 Å². The molecular formula is C11H12O2. The van der Waals surface area contributed by atoms with Crippen LogP contribution in [0.25, 0.3) is 6.08 Å². The summed E-state index contributed by atoms with van der Waals surface area (Å²) in [5.74, 6) is 0. The molecule has 1 N–H and O–H groups in total. The molecule has 1 aromatic carbocycles. The van der Waals surface area contributed by atoms with Crippen molar-refractivity contribution in [3.8, 4) is 0 Å². The van der Waals surface area contributed by atoms with E-state index in [1.807, 2.05) is 25.1 Å². The van der Waals surface area contributed by atoms with Crippen molar-refractivity contribution in [1.82, 2.24) is 0 Å². The Morgan fingerprint density at radius 3 is 2.77 bits per heavy atom. The van der Waals surface area contributed by atoms with Crippen molar-refractivity contribution in [2.24, 2.45) is 0 Å². The molecule has 0 saturated heterocycles. The summed E-state index contributed by atoms with van der Waals surface area (Å²) in [4.78, 5) is 10.4. The third-order valence-corrected chi connectivity index (χ3v) is 1.83. The van der Waals surface area contributed by atoms with E-state index in [0.717, 1.165) is 17.4 Å². The minimum absolute atomic E-state index is 0.0366. The van der Waals surface area contributed by atoms with Gasteiger partial charge in [-0.2, -0.15) is 0 Å². The number of hydrogen-bond donors (Lipinski definition) is 1. The van der Waals surface area contributed by atoms with Crippen molar-refractivity contribution in [2.75, 3.05) is 6.61 Å². The van der Waals surface area contributed by atoms with E-state index in [2.05, 4.69) is 0 Å². The van der Waals surface area contributed by atoms with Gasteiger partial charge in [-0.1, -0.05) is 24.3 Å². The fourth-order valence-electron chi connectivity index (χ4n) is 1.14. The zero-order chi connectivity index (χ0) is 9.68. The van der Waals surface area contributed by atoms with Gasteiger partial charge in [0, 0.05) is 5.56 Å². The fourth-order valence-corrected chi connectivity index (χ4v) is 1.14. The molecule has 1 rings (SSSR count). The van der Waals surface area contributed by atoms with E-state index >= 15 is 0 Å². The fraction of sp³-hybridized carbons (Fsp3) is 0.182. The van der Waals surface area contributed by atoms with Crippen molar-refractivity contribution < 1.29 is 9.90 Å². The van der Waals surface area contributed by atoms with Crippen LogP contribution >= 0.6 is 0 Å². The van der Waals surface area contributed by atoms with Gasteiger partial charge in [0.1, 0.15) is 6.29 Å². The highest BCUT2D eigenvalue weighted by Crippen LogP contribution is 2.11. The summed E-state index contributed by atoms with van der Waals surface area (Å²) in [7, 11) is 0. The average Bonchev–Trinajstić information content (AvgIpc) is 2.16. The molecule has 0 aliphatic rings. The van der Waals surface area contributed by atoms with Crippen LogP contribution in [-0.4, -0.2) is 18.0 Å². The van der Waals surface area contributed by atoms with Crippen LogP contribution in [0.1, 0.15) is 21.5 Å². The molecule has 0 aliphatic carbocycles. The number of rotatable bonds is 3. The molecule has 0 bridgehead atoms. The van der Waals surface area contributed by atoms with Crippen LogP contribution in [0.5, 0.6) is 0 Å². The third-order valence-electron chi connectivity index (χ3n) is 1.83. The molecule has 2 heteroatoms. The Balaban J connectivity index is 2.98. The van der Waals surface area contributed by atoms with Gasteiger partial charge in [0.2, 0.25) is 0 Å². The Labute approximate surface area is 77.5 Å². The van der Waals surface area contributed by atoms with E-state index in [1.165, 1.54) is 0 Å². The lowest BCUT2D eigenvalue weighted by atomic mass is 10.1. The third kappa shape index (κ3) is 2.53. The number of carbonyl (C=O) groups is 1. The van der Waals surface area contributed by atoms with E-state index in [-0.39, 0.29) is 6.61 Å². The molecule has 0 aromatic heterocycles. The lowest BCUT2D eigenvalue weighted by Crippen LogP contribution is -1.85. The molecule has 0 saturated carbocycles. The first-order chi connectivity index (χ1) is 6.27. The lowest BCUT2D eigenvalue weighted by Gasteiger charge is -2.00. The molecule has 68 valence electrons. The number of aldehydes is 1. The van der Waals surface area contributed by atoms with Crippen LogP contribution in [0.2, 0.25) is 0 Å². The van der Waals surface area contributed by atoms with Gasteiger partial charge in [0.15, 0.2) is 0 Å². The van der Waals surface area contributed by atoms with Crippen LogP contribution in [0.15, 0.2) is 24.3 Å². The van der Waals surface area contributed by atoms with Gasteiger partial charge in [-0.3, -0.25) is 4.79 Å². The number of carbonyl (C=O) groups excluding carboxylic acids is 1. The molecule has 0 fully saturated rings. The zero-order valence-corrected chi connectivity index (χ0v) is 7.53. The number of hydrogen-bond acceptors (Lipinski definition) is 2. The first-order valence-corrected chi connectivity index (χ1v) is 4.11. The van der Waals surface area contributed by atoms with Crippen molar-refractivity contribution in [3.63, 3.8) is 0 Å².